The predicted octanol–water partition coefficient (Wildman–Crippen LogP) is 8.15. The minimum atomic E-state index is 1.26. The Labute approximate surface area is 190 Å². The number of benzene rings is 5. The maximum atomic E-state index is 2.51. The molecule has 0 saturated carbocycles. The molecule has 0 bridgehead atoms. The summed E-state index contributed by atoms with van der Waals surface area (Å²) in [5.41, 5.74) is 9.00. The summed E-state index contributed by atoms with van der Waals surface area (Å²) in [6.07, 6.45) is 0. The Bertz CT molecular complexity index is 2020. The van der Waals surface area contributed by atoms with Crippen molar-refractivity contribution >= 4 is 59.9 Å². The zero-order valence-electron chi connectivity index (χ0n) is 18.2. The van der Waals surface area contributed by atoms with Crippen molar-refractivity contribution < 1.29 is 0 Å². The molecule has 0 aliphatic rings. The summed E-state index contributed by atoms with van der Waals surface area (Å²) in [6.45, 7) is 0. The van der Waals surface area contributed by atoms with Gasteiger partial charge in [0.05, 0.1) is 22.1 Å². The third-order valence-electron chi connectivity index (χ3n) is 7.43. The van der Waals surface area contributed by atoms with Crippen LogP contribution in [0, 0.1) is 0 Å². The van der Waals surface area contributed by atoms with Crippen LogP contribution in [0.15, 0.2) is 103 Å². The van der Waals surface area contributed by atoms with Crippen molar-refractivity contribution in [1.29, 1.82) is 0 Å². The fraction of sp³-hybridized carbons (Fsp3) is 0.0323. The Kier molecular flexibility index (Phi) is 3.11. The largest absolute Gasteiger partial charge is 0.342 e. The molecule has 154 valence electrons. The van der Waals surface area contributed by atoms with Crippen LogP contribution in [0.2, 0.25) is 0 Å². The van der Waals surface area contributed by atoms with Crippen LogP contribution in [0.5, 0.6) is 0 Å². The number of hydrogen-bond donors (Lipinski definition) is 0. The number of aryl methyl sites for hydroxylation is 1. The summed E-state index contributed by atoms with van der Waals surface area (Å²) < 4.78 is 4.87. The van der Waals surface area contributed by atoms with Crippen LogP contribution in [0.3, 0.4) is 0 Å². The molecule has 2 nitrogen and oxygen atoms in total. The number of hydrogen-bond acceptors (Lipinski definition) is 0. The molecular formula is C31H20N2. The predicted molar refractivity (Wildman–Crippen MR) is 141 cm³/mol. The first-order chi connectivity index (χ1) is 16.3. The first-order valence-electron chi connectivity index (χ1n) is 11.4. The van der Waals surface area contributed by atoms with E-state index in [1.807, 2.05) is 0 Å². The highest BCUT2D eigenvalue weighted by Crippen LogP contribution is 2.44. The standard InChI is InChI=1S/C31H20N2/c1-32-27-13-7-5-11-21(27)23-15-16-24-26-18-20(19-9-3-2-4-10-19)17-25-22-12-6-8-14-28(22)33(29(25)26)31(24)30(23)32/h2-18H,1H3. The Morgan fingerprint density at radius 3 is 1.76 bits per heavy atom. The van der Waals surface area contributed by atoms with Gasteiger partial charge in [0.2, 0.25) is 0 Å². The van der Waals surface area contributed by atoms with Crippen molar-refractivity contribution in [3.8, 4) is 11.1 Å². The molecule has 33 heavy (non-hydrogen) atoms. The lowest BCUT2D eigenvalue weighted by Gasteiger charge is -2.04. The minimum Gasteiger partial charge on any atom is -0.342 e. The van der Waals surface area contributed by atoms with Crippen LogP contribution in [-0.2, 0) is 7.05 Å². The van der Waals surface area contributed by atoms with E-state index in [9.17, 15) is 0 Å². The maximum Gasteiger partial charge on any atom is 0.0785 e. The molecule has 0 aliphatic heterocycles. The maximum absolute atomic E-state index is 2.51. The van der Waals surface area contributed by atoms with Crippen LogP contribution in [0.25, 0.3) is 71.0 Å². The summed E-state index contributed by atoms with van der Waals surface area (Å²) in [5, 5.41) is 7.90. The Hall–Kier alpha value is -4.30. The van der Waals surface area contributed by atoms with E-state index in [2.05, 4.69) is 119 Å². The molecule has 0 atom stereocenters. The quantitative estimate of drug-likeness (QED) is 0.253. The smallest absolute Gasteiger partial charge is 0.0785 e. The van der Waals surface area contributed by atoms with Gasteiger partial charge in [-0.1, -0.05) is 78.9 Å². The second-order valence-corrected chi connectivity index (χ2v) is 9.07. The lowest BCUT2D eigenvalue weighted by atomic mass is 9.99. The van der Waals surface area contributed by atoms with E-state index in [1.165, 1.54) is 71.0 Å². The summed E-state index contributed by atoms with van der Waals surface area (Å²) in [7, 11) is 2.20. The highest BCUT2D eigenvalue weighted by molar-refractivity contribution is 6.29. The molecule has 0 N–H and O–H groups in total. The second-order valence-electron chi connectivity index (χ2n) is 9.07. The van der Waals surface area contributed by atoms with Crippen molar-refractivity contribution in [2.24, 2.45) is 7.05 Å². The molecule has 0 fully saturated rings. The highest BCUT2D eigenvalue weighted by atomic mass is 15.0. The molecular weight excluding hydrogens is 400 g/mol. The summed E-state index contributed by atoms with van der Waals surface area (Å²) in [4.78, 5) is 0. The Balaban J connectivity index is 1.69. The molecule has 3 aromatic heterocycles. The molecule has 0 saturated heterocycles. The van der Waals surface area contributed by atoms with Crippen LogP contribution in [0.4, 0.5) is 0 Å². The first kappa shape index (κ1) is 17.3. The molecule has 0 spiro atoms. The van der Waals surface area contributed by atoms with Gasteiger partial charge in [-0.25, -0.2) is 0 Å². The SMILES string of the molecule is Cn1c2ccccc2c2ccc3c4cc(-c5ccccc5)cc5c6ccccc6n(c54)c3c21. The molecule has 8 rings (SSSR count). The van der Waals surface area contributed by atoms with Gasteiger partial charge < -0.3 is 8.97 Å². The van der Waals surface area contributed by atoms with E-state index in [0.29, 0.717) is 0 Å². The van der Waals surface area contributed by atoms with E-state index in [4.69, 9.17) is 0 Å². The molecule has 0 radical (unpaired) electrons. The number of aromatic nitrogens is 2. The lowest BCUT2D eigenvalue weighted by Crippen LogP contribution is -1.90. The third kappa shape index (κ3) is 2.04. The van der Waals surface area contributed by atoms with Gasteiger partial charge in [0, 0.05) is 44.9 Å². The molecule has 0 amide bonds. The molecule has 0 unspecified atom stereocenters. The van der Waals surface area contributed by atoms with Crippen LogP contribution < -0.4 is 0 Å². The Morgan fingerprint density at radius 2 is 1.00 bits per heavy atom. The molecule has 0 aliphatic carbocycles. The molecule has 3 heterocycles. The van der Waals surface area contributed by atoms with E-state index in [1.54, 1.807) is 0 Å². The fourth-order valence-electron chi connectivity index (χ4n) is 6.03. The first-order valence-corrected chi connectivity index (χ1v) is 11.4. The molecule has 8 aromatic rings. The number of fused-ring (bicyclic) bond motifs is 10. The van der Waals surface area contributed by atoms with Gasteiger partial charge in [0.25, 0.3) is 0 Å². The van der Waals surface area contributed by atoms with Crippen molar-refractivity contribution in [2.45, 2.75) is 0 Å². The zero-order chi connectivity index (χ0) is 21.7. The zero-order valence-corrected chi connectivity index (χ0v) is 18.2. The third-order valence-corrected chi connectivity index (χ3v) is 7.43. The van der Waals surface area contributed by atoms with Crippen LogP contribution in [0.1, 0.15) is 0 Å². The number of rotatable bonds is 1. The lowest BCUT2D eigenvalue weighted by molar-refractivity contribution is 1.02. The van der Waals surface area contributed by atoms with E-state index < -0.39 is 0 Å². The normalized spacial score (nSPS) is 12.4. The van der Waals surface area contributed by atoms with Gasteiger partial charge in [0.15, 0.2) is 0 Å². The number of para-hydroxylation sites is 2. The van der Waals surface area contributed by atoms with Crippen molar-refractivity contribution in [1.82, 2.24) is 8.97 Å². The van der Waals surface area contributed by atoms with Gasteiger partial charge in [-0.3, -0.25) is 0 Å². The van der Waals surface area contributed by atoms with Gasteiger partial charge in [-0.2, -0.15) is 0 Å². The van der Waals surface area contributed by atoms with E-state index in [-0.39, 0.29) is 0 Å². The number of nitrogens with zero attached hydrogens (tertiary/aromatic N) is 2. The van der Waals surface area contributed by atoms with Crippen LogP contribution in [-0.4, -0.2) is 8.97 Å². The van der Waals surface area contributed by atoms with Crippen molar-refractivity contribution in [3.63, 3.8) is 0 Å². The topological polar surface area (TPSA) is 9.34 Å². The molecule has 5 aromatic carbocycles. The molecule has 2 heteroatoms. The minimum absolute atomic E-state index is 1.26. The summed E-state index contributed by atoms with van der Waals surface area (Å²) in [5.74, 6) is 0. The van der Waals surface area contributed by atoms with Gasteiger partial charge in [-0.05, 0) is 35.4 Å². The van der Waals surface area contributed by atoms with E-state index in [0.717, 1.165) is 0 Å². The van der Waals surface area contributed by atoms with Gasteiger partial charge in [0.1, 0.15) is 0 Å². The van der Waals surface area contributed by atoms with Crippen molar-refractivity contribution in [3.05, 3.63) is 103 Å². The summed E-state index contributed by atoms with van der Waals surface area (Å²) in [6, 6.07) is 37.7. The fourth-order valence-corrected chi connectivity index (χ4v) is 6.03. The average Bonchev–Trinajstić information content (AvgIpc) is 3.49. The second kappa shape index (κ2) is 5.93. The highest BCUT2D eigenvalue weighted by Gasteiger charge is 2.22. The van der Waals surface area contributed by atoms with E-state index >= 15 is 0 Å². The van der Waals surface area contributed by atoms with Crippen molar-refractivity contribution in [2.75, 3.05) is 0 Å². The average molecular weight is 421 g/mol. The van der Waals surface area contributed by atoms with Crippen LogP contribution >= 0.6 is 0 Å². The van der Waals surface area contributed by atoms with Gasteiger partial charge >= 0.3 is 0 Å². The van der Waals surface area contributed by atoms with Gasteiger partial charge in [-0.15, -0.1) is 0 Å². The summed E-state index contributed by atoms with van der Waals surface area (Å²) >= 11 is 0. The monoisotopic (exact) mass is 420 g/mol. The Morgan fingerprint density at radius 1 is 0.424 bits per heavy atom.